The molecule has 1 saturated heterocycles. The second-order valence-corrected chi connectivity index (χ2v) is 4.75. The Hall–Kier alpha value is -1.06. The largest absolute Gasteiger partial charge is 0.493 e. The lowest BCUT2D eigenvalue weighted by Gasteiger charge is -2.24. The predicted octanol–water partition coefficient (Wildman–Crippen LogP) is 2.06. The zero-order valence-electron chi connectivity index (χ0n) is 10.2. The van der Waals surface area contributed by atoms with Gasteiger partial charge in [-0.1, -0.05) is 18.2 Å². The van der Waals surface area contributed by atoms with Crippen molar-refractivity contribution in [2.24, 2.45) is 0 Å². The van der Waals surface area contributed by atoms with Crippen molar-refractivity contribution in [3.8, 4) is 5.75 Å². The summed E-state index contributed by atoms with van der Waals surface area (Å²) in [5, 5.41) is 3.38. The second kappa shape index (κ2) is 4.67. The molecule has 0 saturated carbocycles. The topological polar surface area (TPSA) is 30.5 Å². The highest BCUT2D eigenvalue weighted by molar-refractivity contribution is 5.46. The molecule has 92 valence electrons. The number of fused-ring (bicyclic) bond motifs is 1. The van der Waals surface area contributed by atoms with Crippen molar-refractivity contribution < 1.29 is 9.47 Å². The maximum Gasteiger partial charge on any atom is 0.127 e. The highest BCUT2D eigenvalue weighted by Crippen LogP contribution is 2.37. The molecular formula is C14H19NO2. The summed E-state index contributed by atoms with van der Waals surface area (Å²) in [6.07, 6.45) is 3.62. The third kappa shape index (κ3) is 1.94. The van der Waals surface area contributed by atoms with Crippen LogP contribution in [0.25, 0.3) is 0 Å². The van der Waals surface area contributed by atoms with E-state index in [-0.39, 0.29) is 12.1 Å². The Morgan fingerprint density at radius 2 is 2.29 bits per heavy atom. The molecule has 2 atom stereocenters. The number of ether oxygens (including phenoxy) is 2. The zero-order chi connectivity index (χ0) is 11.7. The van der Waals surface area contributed by atoms with Gasteiger partial charge >= 0.3 is 0 Å². The SMILES string of the molecule is CNC(c1cccc2c1OCC2)C1CCCO1. The van der Waals surface area contributed by atoms with Crippen LogP contribution in [0.1, 0.15) is 30.0 Å². The van der Waals surface area contributed by atoms with E-state index in [4.69, 9.17) is 9.47 Å². The summed E-state index contributed by atoms with van der Waals surface area (Å²) >= 11 is 0. The van der Waals surface area contributed by atoms with Crippen LogP contribution in [-0.4, -0.2) is 26.4 Å². The van der Waals surface area contributed by atoms with Crippen molar-refractivity contribution in [2.45, 2.75) is 31.4 Å². The second-order valence-electron chi connectivity index (χ2n) is 4.75. The van der Waals surface area contributed by atoms with Gasteiger partial charge in [0.15, 0.2) is 0 Å². The first-order valence-corrected chi connectivity index (χ1v) is 6.43. The van der Waals surface area contributed by atoms with Crippen LogP contribution < -0.4 is 10.1 Å². The van der Waals surface area contributed by atoms with E-state index in [1.54, 1.807) is 0 Å². The Bertz CT molecular complexity index is 399. The average molecular weight is 233 g/mol. The van der Waals surface area contributed by atoms with E-state index in [1.165, 1.54) is 17.5 Å². The summed E-state index contributed by atoms with van der Waals surface area (Å²) in [6.45, 7) is 1.70. The summed E-state index contributed by atoms with van der Waals surface area (Å²) in [7, 11) is 2.00. The van der Waals surface area contributed by atoms with Crippen LogP contribution in [0, 0.1) is 0 Å². The van der Waals surface area contributed by atoms with Gasteiger partial charge in [0.2, 0.25) is 0 Å². The minimum atomic E-state index is 0.255. The number of benzene rings is 1. The van der Waals surface area contributed by atoms with E-state index >= 15 is 0 Å². The highest BCUT2D eigenvalue weighted by Gasteiger charge is 2.30. The molecule has 2 aliphatic rings. The number of hydrogen-bond acceptors (Lipinski definition) is 3. The van der Waals surface area contributed by atoms with Crippen molar-refractivity contribution in [1.29, 1.82) is 0 Å². The molecule has 2 heterocycles. The molecule has 1 N–H and O–H groups in total. The molecule has 2 unspecified atom stereocenters. The quantitative estimate of drug-likeness (QED) is 0.867. The van der Waals surface area contributed by atoms with Gasteiger partial charge in [0, 0.05) is 18.6 Å². The van der Waals surface area contributed by atoms with Crippen LogP contribution in [0.15, 0.2) is 18.2 Å². The Morgan fingerprint density at radius 3 is 3.06 bits per heavy atom. The maximum atomic E-state index is 5.80. The lowest BCUT2D eigenvalue weighted by atomic mass is 9.96. The monoisotopic (exact) mass is 233 g/mol. The van der Waals surface area contributed by atoms with Gasteiger partial charge in [-0.15, -0.1) is 0 Å². The van der Waals surface area contributed by atoms with Crippen molar-refractivity contribution in [1.82, 2.24) is 5.32 Å². The normalized spacial score (nSPS) is 24.4. The Balaban J connectivity index is 1.93. The molecule has 0 aromatic heterocycles. The van der Waals surface area contributed by atoms with Crippen LogP contribution in [0.3, 0.4) is 0 Å². The van der Waals surface area contributed by atoms with E-state index in [0.29, 0.717) is 0 Å². The van der Waals surface area contributed by atoms with Gasteiger partial charge in [-0.2, -0.15) is 0 Å². The standard InChI is InChI=1S/C14H19NO2/c1-15-13(12-6-3-8-16-12)11-5-2-4-10-7-9-17-14(10)11/h2,4-5,12-13,15H,3,6-9H2,1H3. The van der Waals surface area contributed by atoms with E-state index < -0.39 is 0 Å². The molecule has 0 radical (unpaired) electrons. The first kappa shape index (κ1) is 11.1. The first-order valence-electron chi connectivity index (χ1n) is 6.43. The fourth-order valence-corrected chi connectivity index (χ4v) is 2.89. The van der Waals surface area contributed by atoms with Crippen LogP contribution >= 0.6 is 0 Å². The van der Waals surface area contributed by atoms with Gasteiger partial charge in [-0.05, 0) is 25.5 Å². The fraction of sp³-hybridized carbons (Fsp3) is 0.571. The number of nitrogens with one attached hydrogen (secondary N) is 1. The van der Waals surface area contributed by atoms with Gasteiger partial charge in [-0.25, -0.2) is 0 Å². The lowest BCUT2D eigenvalue weighted by molar-refractivity contribution is 0.0799. The van der Waals surface area contributed by atoms with E-state index in [0.717, 1.165) is 31.8 Å². The maximum absolute atomic E-state index is 5.80. The van der Waals surface area contributed by atoms with E-state index in [9.17, 15) is 0 Å². The molecule has 1 aromatic rings. The number of likely N-dealkylation sites (N-methyl/N-ethyl adjacent to an activating group) is 1. The van der Waals surface area contributed by atoms with Crippen molar-refractivity contribution in [3.63, 3.8) is 0 Å². The molecule has 3 heteroatoms. The smallest absolute Gasteiger partial charge is 0.127 e. The van der Waals surface area contributed by atoms with Gasteiger partial charge < -0.3 is 14.8 Å². The summed E-state index contributed by atoms with van der Waals surface area (Å²) in [5.41, 5.74) is 2.59. The van der Waals surface area contributed by atoms with Crippen molar-refractivity contribution >= 4 is 0 Å². The van der Waals surface area contributed by atoms with Crippen molar-refractivity contribution in [2.75, 3.05) is 20.3 Å². The summed E-state index contributed by atoms with van der Waals surface area (Å²) in [5.74, 6) is 1.09. The Labute approximate surface area is 102 Å². The molecule has 17 heavy (non-hydrogen) atoms. The molecule has 2 aliphatic heterocycles. The zero-order valence-corrected chi connectivity index (χ0v) is 10.2. The van der Waals surface area contributed by atoms with E-state index in [2.05, 4.69) is 23.5 Å². The Morgan fingerprint density at radius 1 is 1.35 bits per heavy atom. The fourth-order valence-electron chi connectivity index (χ4n) is 2.89. The summed E-state index contributed by atoms with van der Waals surface area (Å²) in [6, 6.07) is 6.70. The molecule has 0 amide bonds. The number of para-hydroxylation sites is 1. The Kier molecular flexibility index (Phi) is 3.04. The molecular weight excluding hydrogens is 214 g/mol. The third-order valence-electron chi connectivity index (χ3n) is 3.73. The van der Waals surface area contributed by atoms with Gasteiger partial charge in [0.1, 0.15) is 5.75 Å². The molecule has 0 aliphatic carbocycles. The summed E-state index contributed by atoms with van der Waals surface area (Å²) < 4.78 is 11.6. The molecule has 1 fully saturated rings. The van der Waals surface area contributed by atoms with E-state index in [1.807, 2.05) is 7.05 Å². The molecule has 3 nitrogen and oxygen atoms in total. The van der Waals surface area contributed by atoms with Crippen molar-refractivity contribution in [3.05, 3.63) is 29.3 Å². The van der Waals surface area contributed by atoms with Gasteiger partial charge in [0.05, 0.1) is 18.8 Å². The molecule has 1 aromatic carbocycles. The minimum absolute atomic E-state index is 0.255. The first-order chi connectivity index (χ1) is 8.40. The molecule has 3 rings (SSSR count). The van der Waals surface area contributed by atoms with Crippen LogP contribution in [0.2, 0.25) is 0 Å². The lowest BCUT2D eigenvalue weighted by Crippen LogP contribution is -2.29. The van der Waals surface area contributed by atoms with Crippen LogP contribution in [0.4, 0.5) is 0 Å². The van der Waals surface area contributed by atoms with Gasteiger partial charge in [-0.3, -0.25) is 0 Å². The van der Waals surface area contributed by atoms with Crippen LogP contribution in [0.5, 0.6) is 5.75 Å². The van der Waals surface area contributed by atoms with Crippen LogP contribution in [-0.2, 0) is 11.2 Å². The molecule has 0 spiro atoms. The summed E-state index contributed by atoms with van der Waals surface area (Å²) in [4.78, 5) is 0. The average Bonchev–Trinajstić information content (AvgIpc) is 3.00. The number of rotatable bonds is 3. The van der Waals surface area contributed by atoms with Gasteiger partial charge in [0.25, 0.3) is 0 Å². The number of hydrogen-bond donors (Lipinski definition) is 1. The minimum Gasteiger partial charge on any atom is -0.493 e. The third-order valence-corrected chi connectivity index (χ3v) is 3.73. The molecule has 0 bridgehead atoms. The predicted molar refractivity (Wildman–Crippen MR) is 66.4 cm³/mol. The highest BCUT2D eigenvalue weighted by atomic mass is 16.5.